The van der Waals surface area contributed by atoms with Crippen LogP contribution >= 0.6 is 0 Å². The quantitative estimate of drug-likeness (QED) is 0.786. The molecular formula is C24H28N2O3. The van der Waals surface area contributed by atoms with E-state index in [2.05, 4.69) is 36.4 Å². The minimum atomic E-state index is -0.189. The molecule has 152 valence electrons. The van der Waals surface area contributed by atoms with Gasteiger partial charge in [0.25, 0.3) is 0 Å². The lowest BCUT2D eigenvalue weighted by Gasteiger charge is -2.36. The average molecular weight is 392 g/mol. The second kappa shape index (κ2) is 8.37. The molecule has 2 aliphatic rings. The van der Waals surface area contributed by atoms with Gasteiger partial charge in [0.15, 0.2) is 0 Å². The molecule has 2 fully saturated rings. The number of carbonyl (C=O) groups is 2. The number of fused-ring (bicyclic) bond motifs is 1. The maximum atomic E-state index is 13.2. The molecular weight excluding hydrogens is 364 g/mol. The van der Waals surface area contributed by atoms with Crippen LogP contribution in [0.2, 0.25) is 0 Å². The lowest BCUT2D eigenvalue weighted by atomic mass is 9.71. The van der Waals surface area contributed by atoms with Gasteiger partial charge in [-0.3, -0.25) is 9.59 Å². The number of hydrogen-bond donors (Lipinski definition) is 0. The first-order chi connectivity index (χ1) is 14.1. The highest BCUT2D eigenvalue weighted by Crippen LogP contribution is 2.46. The Balaban J connectivity index is 1.65. The molecule has 0 saturated carbocycles. The van der Waals surface area contributed by atoms with Crippen LogP contribution < -0.4 is 0 Å². The van der Waals surface area contributed by atoms with E-state index in [1.165, 1.54) is 12.7 Å². The van der Waals surface area contributed by atoms with E-state index >= 15 is 0 Å². The Morgan fingerprint density at radius 2 is 1.69 bits per heavy atom. The number of hydrogen-bond acceptors (Lipinski definition) is 3. The second-order valence-electron chi connectivity index (χ2n) is 8.06. The molecule has 0 bridgehead atoms. The van der Waals surface area contributed by atoms with Crippen molar-refractivity contribution in [3.63, 3.8) is 0 Å². The van der Waals surface area contributed by atoms with Crippen LogP contribution in [-0.4, -0.2) is 54.5 Å². The van der Waals surface area contributed by atoms with Gasteiger partial charge in [-0.2, -0.15) is 0 Å². The number of amides is 2. The first-order valence-electron chi connectivity index (χ1n) is 10.3. The smallest absolute Gasteiger partial charge is 0.248 e. The van der Waals surface area contributed by atoms with Gasteiger partial charge in [-0.05, 0) is 24.0 Å². The summed E-state index contributed by atoms with van der Waals surface area (Å²) in [7, 11) is 1.54. The van der Waals surface area contributed by atoms with E-state index < -0.39 is 0 Å². The molecule has 0 aromatic heterocycles. The maximum absolute atomic E-state index is 13.2. The molecule has 5 nitrogen and oxygen atoms in total. The Hall–Kier alpha value is -2.66. The van der Waals surface area contributed by atoms with Crippen molar-refractivity contribution in [2.24, 2.45) is 0 Å². The topological polar surface area (TPSA) is 49.9 Å². The number of carbonyl (C=O) groups excluding carboxylic acids is 2. The summed E-state index contributed by atoms with van der Waals surface area (Å²) in [5.41, 5.74) is 2.17. The van der Waals surface area contributed by atoms with E-state index in [0.29, 0.717) is 26.1 Å². The Morgan fingerprint density at radius 3 is 2.38 bits per heavy atom. The average Bonchev–Trinajstić information content (AvgIpc) is 3.05. The number of likely N-dealkylation sites (tertiary alicyclic amines) is 2. The summed E-state index contributed by atoms with van der Waals surface area (Å²) in [5.74, 6) is 0.0911. The zero-order valence-corrected chi connectivity index (χ0v) is 16.9. The van der Waals surface area contributed by atoms with E-state index in [-0.39, 0.29) is 29.9 Å². The van der Waals surface area contributed by atoms with Crippen LogP contribution in [0.25, 0.3) is 0 Å². The van der Waals surface area contributed by atoms with E-state index in [1.807, 2.05) is 34.1 Å². The van der Waals surface area contributed by atoms with Gasteiger partial charge in [0, 0.05) is 38.6 Å². The molecule has 2 amide bonds. The van der Waals surface area contributed by atoms with Gasteiger partial charge in [0.1, 0.15) is 6.61 Å². The van der Waals surface area contributed by atoms with Crippen LogP contribution in [0.5, 0.6) is 0 Å². The number of ether oxygens (including phenoxy) is 1. The van der Waals surface area contributed by atoms with Crippen LogP contribution in [0, 0.1) is 0 Å². The van der Waals surface area contributed by atoms with E-state index in [1.54, 1.807) is 0 Å². The molecule has 0 unspecified atom stereocenters. The summed E-state index contributed by atoms with van der Waals surface area (Å²) in [6, 6.07) is 20.4. The van der Waals surface area contributed by atoms with Crippen molar-refractivity contribution < 1.29 is 14.3 Å². The highest BCUT2D eigenvalue weighted by Gasteiger charge is 2.52. The molecule has 2 aliphatic heterocycles. The third kappa shape index (κ3) is 3.79. The Kier molecular flexibility index (Phi) is 5.67. The first kappa shape index (κ1) is 19.6. The van der Waals surface area contributed by atoms with Crippen molar-refractivity contribution in [3.8, 4) is 0 Å². The summed E-state index contributed by atoms with van der Waals surface area (Å²) in [6.45, 7) is 2.05. The van der Waals surface area contributed by atoms with Gasteiger partial charge in [-0.1, -0.05) is 60.7 Å². The van der Waals surface area contributed by atoms with E-state index in [4.69, 9.17) is 4.74 Å². The monoisotopic (exact) mass is 392 g/mol. The van der Waals surface area contributed by atoms with E-state index in [0.717, 1.165) is 18.4 Å². The normalized spacial score (nSPS) is 24.3. The molecule has 4 rings (SSSR count). The van der Waals surface area contributed by atoms with Crippen LogP contribution in [0.3, 0.4) is 0 Å². The van der Waals surface area contributed by atoms with Gasteiger partial charge < -0.3 is 14.5 Å². The molecule has 0 spiro atoms. The third-order valence-corrected chi connectivity index (χ3v) is 6.51. The predicted molar refractivity (Wildman–Crippen MR) is 111 cm³/mol. The number of rotatable bonds is 5. The summed E-state index contributed by atoms with van der Waals surface area (Å²) < 4.78 is 5.11. The number of benzene rings is 2. The van der Waals surface area contributed by atoms with Crippen molar-refractivity contribution in [3.05, 3.63) is 71.8 Å². The van der Waals surface area contributed by atoms with Crippen molar-refractivity contribution in [1.82, 2.24) is 9.80 Å². The molecule has 2 saturated heterocycles. The molecule has 2 atom stereocenters. The Labute approximate surface area is 172 Å². The summed E-state index contributed by atoms with van der Waals surface area (Å²) in [6.07, 6.45) is 2.10. The van der Waals surface area contributed by atoms with Gasteiger partial charge in [-0.15, -0.1) is 0 Å². The molecule has 2 aromatic carbocycles. The van der Waals surface area contributed by atoms with Gasteiger partial charge in [0.05, 0.1) is 6.04 Å². The maximum Gasteiger partial charge on any atom is 0.248 e. The highest BCUT2D eigenvalue weighted by molar-refractivity contribution is 5.82. The fraction of sp³-hybridized carbons (Fsp3) is 0.417. The molecule has 0 N–H and O–H groups in total. The van der Waals surface area contributed by atoms with Crippen LogP contribution in [-0.2, 0) is 26.3 Å². The molecule has 0 aliphatic carbocycles. The number of methoxy groups -OCH3 is 1. The summed E-state index contributed by atoms with van der Waals surface area (Å²) >= 11 is 0. The van der Waals surface area contributed by atoms with Gasteiger partial charge in [-0.25, -0.2) is 0 Å². The van der Waals surface area contributed by atoms with Crippen molar-refractivity contribution in [2.45, 2.75) is 37.3 Å². The first-order valence-corrected chi connectivity index (χ1v) is 10.3. The zero-order valence-electron chi connectivity index (χ0n) is 16.9. The van der Waals surface area contributed by atoms with E-state index in [9.17, 15) is 9.59 Å². The fourth-order valence-corrected chi connectivity index (χ4v) is 5.02. The Bertz CT molecular complexity index is 855. The minimum Gasteiger partial charge on any atom is -0.375 e. The van der Waals surface area contributed by atoms with Crippen molar-refractivity contribution in [2.75, 3.05) is 26.8 Å². The van der Waals surface area contributed by atoms with Gasteiger partial charge >= 0.3 is 0 Å². The van der Waals surface area contributed by atoms with Crippen molar-refractivity contribution in [1.29, 1.82) is 0 Å². The molecule has 5 heteroatoms. The molecule has 29 heavy (non-hydrogen) atoms. The SMILES string of the molecule is COCC(=O)N1CC[C@]2(c3ccccc3)CCN(Cc3ccccc3)C(=O)C[C@@H]12. The van der Waals surface area contributed by atoms with Gasteiger partial charge in [0.2, 0.25) is 11.8 Å². The van der Waals surface area contributed by atoms with Crippen LogP contribution in [0.15, 0.2) is 60.7 Å². The standard InChI is InChI=1S/C24H28N2O3/c1-29-18-23(28)26-15-13-24(20-10-6-3-7-11-20)12-14-25(22(27)16-21(24)26)17-19-8-4-2-5-9-19/h2-11,21H,12-18H2,1H3/t21-,24+/m1/s1. The van der Waals surface area contributed by atoms with Crippen molar-refractivity contribution >= 4 is 11.8 Å². The van der Waals surface area contributed by atoms with Crippen LogP contribution in [0.4, 0.5) is 0 Å². The second-order valence-corrected chi connectivity index (χ2v) is 8.06. The summed E-state index contributed by atoms with van der Waals surface area (Å²) in [5, 5.41) is 0. The lowest BCUT2D eigenvalue weighted by molar-refractivity contribution is -0.138. The molecule has 0 radical (unpaired) electrons. The minimum absolute atomic E-state index is 0.0281. The summed E-state index contributed by atoms with van der Waals surface area (Å²) in [4.78, 5) is 29.8. The number of nitrogens with zero attached hydrogens (tertiary/aromatic N) is 2. The molecule has 2 aromatic rings. The lowest BCUT2D eigenvalue weighted by Crippen LogP contribution is -2.46. The third-order valence-electron chi connectivity index (χ3n) is 6.51. The fourth-order valence-electron chi connectivity index (χ4n) is 5.02. The van der Waals surface area contributed by atoms with Crippen LogP contribution in [0.1, 0.15) is 30.4 Å². The predicted octanol–water partition coefficient (Wildman–Crippen LogP) is 2.99. The Morgan fingerprint density at radius 1 is 1.03 bits per heavy atom. The largest absolute Gasteiger partial charge is 0.375 e. The molecule has 2 heterocycles. The zero-order chi connectivity index (χ0) is 20.3. The highest BCUT2D eigenvalue weighted by atomic mass is 16.5.